The minimum atomic E-state index is -3.77. The molecular formula is C16H17ClN2O4S. The van der Waals surface area contributed by atoms with E-state index in [9.17, 15) is 13.5 Å². The number of aromatic hydroxyl groups is 1. The van der Waals surface area contributed by atoms with Crippen molar-refractivity contribution in [3.63, 3.8) is 0 Å². The Kier molecular flexibility index (Phi) is 5.36. The van der Waals surface area contributed by atoms with Gasteiger partial charge in [0.2, 0.25) is 0 Å². The summed E-state index contributed by atoms with van der Waals surface area (Å²) in [6.07, 6.45) is 1.27. The second kappa shape index (κ2) is 7.11. The molecule has 0 amide bonds. The maximum absolute atomic E-state index is 12.2. The molecule has 0 heterocycles. The van der Waals surface area contributed by atoms with E-state index >= 15 is 0 Å². The van der Waals surface area contributed by atoms with Gasteiger partial charge in [0.25, 0.3) is 10.0 Å². The zero-order chi connectivity index (χ0) is 17.9. The summed E-state index contributed by atoms with van der Waals surface area (Å²) >= 11 is 5.86. The lowest BCUT2D eigenvalue weighted by Gasteiger charge is -2.07. The van der Waals surface area contributed by atoms with Crippen LogP contribution < -0.4 is 9.57 Å². The number of methoxy groups -OCH3 is 1. The molecule has 0 aliphatic heterocycles. The quantitative estimate of drug-likeness (QED) is 0.627. The summed E-state index contributed by atoms with van der Waals surface area (Å²) in [7, 11) is -2.38. The number of benzene rings is 2. The predicted octanol–water partition coefficient (Wildman–Crippen LogP) is 2.98. The highest BCUT2D eigenvalue weighted by molar-refractivity contribution is 7.89. The molecule has 0 atom stereocenters. The van der Waals surface area contributed by atoms with Gasteiger partial charge in [-0.1, -0.05) is 17.7 Å². The number of phenols is 1. The van der Waals surface area contributed by atoms with Crippen LogP contribution >= 0.6 is 11.6 Å². The number of nitrogens with one attached hydrogen (secondary N) is 1. The fourth-order valence-corrected chi connectivity index (χ4v) is 3.02. The molecule has 0 aromatic heterocycles. The average Bonchev–Trinajstić information content (AvgIpc) is 2.53. The Morgan fingerprint density at radius 2 is 1.92 bits per heavy atom. The molecule has 0 bridgehead atoms. The van der Waals surface area contributed by atoms with Crippen molar-refractivity contribution in [2.75, 3.05) is 7.11 Å². The standard InChI is InChI=1S/C16H17ClN2O4S/c1-10-4-5-13(6-11(10)2)24(21,22)19-18-9-12-7-14(17)16(20)15(8-12)23-3/h4-9,19-20H,1-3H3/b18-9+. The van der Waals surface area contributed by atoms with Crippen LogP contribution in [0, 0.1) is 13.8 Å². The van der Waals surface area contributed by atoms with E-state index in [-0.39, 0.29) is 21.4 Å². The molecule has 24 heavy (non-hydrogen) atoms. The van der Waals surface area contributed by atoms with Crippen molar-refractivity contribution < 1.29 is 18.3 Å². The van der Waals surface area contributed by atoms with Crippen molar-refractivity contribution in [3.05, 3.63) is 52.0 Å². The van der Waals surface area contributed by atoms with Gasteiger partial charge >= 0.3 is 0 Å². The van der Waals surface area contributed by atoms with Crippen molar-refractivity contribution in [1.29, 1.82) is 0 Å². The fraction of sp³-hybridized carbons (Fsp3) is 0.188. The Labute approximate surface area is 145 Å². The molecule has 0 saturated heterocycles. The molecule has 0 spiro atoms. The van der Waals surface area contributed by atoms with Crippen LogP contribution in [0.4, 0.5) is 0 Å². The largest absolute Gasteiger partial charge is 0.503 e. The molecule has 8 heteroatoms. The van der Waals surface area contributed by atoms with Gasteiger partial charge in [0, 0.05) is 0 Å². The number of nitrogens with zero attached hydrogens (tertiary/aromatic N) is 1. The Balaban J connectivity index is 2.21. The van der Waals surface area contributed by atoms with Crippen LogP contribution in [0.1, 0.15) is 16.7 Å². The SMILES string of the molecule is COc1cc(/C=N/NS(=O)(=O)c2ccc(C)c(C)c2)cc(Cl)c1O. The molecular weight excluding hydrogens is 352 g/mol. The first kappa shape index (κ1) is 18.1. The highest BCUT2D eigenvalue weighted by Crippen LogP contribution is 2.34. The lowest BCUT2D eigenvalue weighted by Crippen LogP contribution is -2.18. The van der Waals surface area contributed by atoms with Gasteiger partial charge < -0.3 is 9.84 Å². The van der Waals surface area contributed by atoms with E-state index in [2.05, 4.69) is 9.93 Å². The second-order valence-corrected chi connectivity index (χ2v) is 7.22. The Morgan fingerprint density at radius 1 is 1.21 bits per heavy atom. The third-order valence-corrected chi connectivity index (χ3v) is 4.95. The van der Waals surface area contributed by atoms with Gasteiger partial charge in [-0.15, -0.1) is 0 Å². The smallest absolute Gasteiger partial charge is 0.276 e. The van der Waals surface area contributed by atoms with Crippen molar-refractivity contribution in [1.82, 2.24) is 4.83 Å². The Morgan fingerprint density at radius 3 is 2.54 bits per heavy atom. The van der Waals surface area contributed by atoms with Gasteiger partial charge in [-0.2, -0.15) is 13.5 Å². The van der Waals surface area contributed by atoms with E-state index in [1.54, 1.807) is 12.1 Å². The van der Waals surface area contributed by atoms with Gasteiger partial charge in [-0.05, 0) is 54.8 Å². The lowest BCUT2D eigenvalue weighted by atomic mass is 10.1. The minimum absolute atomic E-state index is 0.0767. The number of hydrazone groups is 1. The summed E-state index contributed by atoms with van der Waals surface area (Å²) in [5.41, 5.74) is 2.35. The molecule has 0 saturated carbocycles. The monoisotopic (exact) mass is 368 g/mol. The van der Waals surface area contributed by atoms with Crippen LogP contribution in [0.3, 0.4) is 0 Å². The molecule has 0 unspecified atom stereocenters. The summed E-state index contributed by atoms with van der Waals surface area (Å²) < 4.78 is 29.4. The first-order chi connectivity index (χ1) is 11.2. The van der Waals surface area contributed by atoms with Crippen molar-refractivity contribution in [3.8, 4) is 11.5 Å². The Bertz CT molecular complexity index is 895. The van der Waals surface area contributed by atoms with Crippen molar-refractivity contribution in [2.24, 2.45) is 5.10 Å². The third kappa shape index (κ3) is 3.98. The number of aryl methyl sites for hydroxylation is 2. The summed E-state index contributed by atoms with van der Waals surface area (Å²) in [5.74, 6) is -0.0204. The van der Waals surface area contributed by atoms with Crippen LogP contribution in [-0.2, 0) is 10.0 Å². The minimum Gasteiger partial charge on any atom is -0.503 e. The maximum Gasteiger partial charge on any atom is 0.276 e. The molecule has 0 fully saturated rings. The van der Waals surface area contributed by atoms with Crippen LogP contribution in [0.5, 0.6) is 11.5 Å². The molecule has 2 N–H and O–H groups in total. The number of sulfonamides is 1. The molecule has 128 valence electrons. The van der Waals surface area contributed by atoms with Gasteiger partial charge in [0.05, 0.1) is 23.2 Å². The summed E-state index contributed by atoms with van der Waals surface area (Å²) in [4.78, 5) is 2.27. The van der Waals surface area contributed by atoms with Gasteiger partial charge in [0.1, 0.15) is 0 Å². The number of halogens is 1. The summed E-state index contributed by atoms with van der Waals surface area (Å²) in [6, 6.07) is 7.74. The number of rotatable bonds is 5. The maximum atomic E-state index is 12.2. The number of phenolic OH excluding ortho intramolecular Hbond substituents is 1. The third-order valence-electron chi connectivity index (χ3n) is 3.45. The van der Waals surface area contributed by atoms with E-state index in [0.29, 0.717) is 5.56 Å². The first-order valence-corrected chi connectivity index (χ1v) is 8.79. The topological polar surface area (TPSA) is 88.0 Å². The highest BCUT2D eigenvalue weighted by Gasteiger charge is 2.13. The molecule has 0 aliphatic rings. The van der Waals surface area contributed by atoms with E-state index in [1.807, 2.05) is 13.8 Å². The van der Waals surface area contributed by atoms with Crippen LogP contribution in [0.15, 0.2) is 40.3 Å². The highest BCUT2D eigenvalue weighted by atomic mass is 35.5. The van der Waals surface area contributed by atoms with Crippen LogP contribution in [0.2, 0.25) is 5.02 Å². The number of hydrogen-bond donors (Lipinski definition) is 2. The van der Waals surface area contributed by atoms with Gasteiger partial charge in [-0.3, -0.25) is 0 Å². The number of ether oxygens (including phenoxy) is 1. The van der Waals surface area contributed by atoms with Gasteiger partial charge in [0.15, 0.2) is 11.5 Å². The first-order valence-electron chi connectivity index (χ1n) is 6.93. The van der Waals surface area contributed by atoms with Crippen molar-refractivity contribution in [2.45, 2.75) is 18.7 Å². The molecule has 2 rings (SSSR count). The molecule has 6 nitrogen and oxygen atoms in total. The predicted molar refractivity (Wildman–Crippen MR) is 93.5 cm³/mol. The van der Waals surface area contributed by atoms with Crippen LogP contribution in [0.25, 0.3) is 0 Å². The lowest BCUT2D eigenvalue weighted by molar-refractivity contribution is 0.373. The van der Waals surface area contributed by atoms with Gasteiger partial charge in [-0.25, -0.2) is 4.83 Å². The average molecular weight is 369 g/mol. The zero-order valence-electron chi connectivity index (χ0n) is 13.4. The summed E-state index contributed by atoms with van der Waals surface area (Å²) in [5, 5.41) is 13.5. The van der Waals surface area contributed by atoms with E-state index in [4.69, 9.17) is 16.3 Å². The molecule has 0 radical (unpaired) electrons. The normalized spacial score (nSPS) is 11.7. The zero-order valence-corrected chi connectivity index (χ0v) is 14.9. The molecule has 2 aromatic carbocycles. The Hall–Kier alpha value is -2.25. The van der Waals surface area contributed by atoms with E-state index in [1.165, 1.54) is 31.5 Å². The molecule has 2 aromatic rings. The molecule has 0 aliphatic carbocycles. The van der Waals surface area contributed by atoms with E-state index < -0.39 is 10.0 Å². The van der Waals surface area contributed by atoms with E-state index in [0.717, 1.165) is 11.1 Å². The van der Waals surface area contributed by atoms with Crippen molar-refractivity contribution >= 4 is 27.8 Å². The van der Waals surface area contributed by atoms with Crippen LogP contribution in [-0.4, -0.2) is 26.8 Å². The summed E-state index contributed by atoms with van der Waals surface area (Å²) in [6.45, 7) is 3.74. The fourth-order valence-electron chi connectivity index (χ4n) is 1.93. The number of hydrogen-bond acceptors (Lipinski definition) is 5. The second-order valence-electron chi connectivity index (χ2n) is 5.15.